The molecule has 0 saturated carbocycles. The van der Waals surface area contributed by atoms with Crippen LogP contribution in [0.4, 0.5) is 5.82 Å². The first-order chi connectivity index (χ1) is 15.2. The van der Waals surface area contributed by atoms with Crippen molar-refractivity contribution in [3.63, 3.8) is 0 Å². The first kappa shape index (κ1) is 19.3. The van der Waals surface area contributed by atoms with Crippen molar-refractivity contribution in [3.8, 4) is 5.69 Å². The van der Waals surface area contributed by atoms with E-state index < -0.39 is 0 Å². The van der Waals surface area contributed by atoms with Crippen LogP contribution in [0.1, 0.15) is 32.8 Å². The van der Waals surface area contributed by atoms with Crippen molar-refractivity contribution in [2.75, 3.05) is 11.9 Å². The van der Waals surface area contributed by atoms with Crippen molar-refractivity contribution >= 4 is 22.6 Å². The second-order valence-electron chi connectivity index (χ2n) is 7.94. The van der Waals surface area contributed by atoms with Gasteiger partial charge in [0, 0.05) is 38.0 Å². The molecule has 2 aliphatic rings. The van der Waals surface area contributed by atoms with Gasteiger partial charge in [0.2, 0.25) is 5.91 Å². The van der Waals surface area contributed by atoms with Gasteiger partial charge in [-0.25, -0.2) is 0 Å². The molecule has 6 heteroatoms. The van der Waals surface area contributed by atoms with E-state index in [0.717, 1.165) is 48.4 Å². The van der Waals surface area contributed by atoms with Gasteiger partial charge in [-0.05, 0) is 43.5 Å². The molecule has 3 aromatic rings. The fraction of sp³-hybridized carbons (Fsp3) is 0.240. The maximum Gasteiger partial charge on any atom is 0.222 e. The monoisotopic (exact) mass is 414 g/mol. The van der Waals surface area contributed by atoms with Crippen LogP contribution in [0.3, 0.4) is 0 Å². The molecule has 1 aromatic carbocycles. The van der Waals surface area contributed by atoms with Gasteiger partial charge >= 0.3 is 0 Å². The summed E-state index contributed by atoms with van der Waals surface area (Å²) in [6, 6.07) is 13.5. The Balaban J connectivity index is 0.00000245. The fourth-order valence-electron chi connectivity index (χ4n) is 4.21. The predicted octanol–water partition coefficient (Wildman–Crippen LogP) is 4.40. The number of hydrogen-bond donors (Lipinski definition) is 1. The second kappa shape index (κ2) is 8.22. The summed E-state index contributed by atoms with van der Waals surface area (Å²) in [7, 11) is 0. The lowest BCUT2D eigenvalue weighted by atomic mass is 10.1. The van der Waals surface area contributed by atoms with Gasteiger partial charge in [-0.3, -0.25) is 19.1 Å². The van der Waals surface area contributed by atoms with E-state index in [1.807, 2.05) is 47.4 Å². The minimum Gasteiger partial charge on any atom is -0.342 e. The normalized spacial score (nSPS) is 16.1. The molecule has 1 saturated heterocycles. The van der Waals surface area contributed by atoms with Crippen molar-refractivity contribution in [1.82, 2.24) is 14.5 Å². The summed E-state index contributed by atoms with van der Waals surface area (Å²) in [6.07, 6.45) is 11.4. The molecule has 31 heavy (non-hydrogen) atoms. The summed E-state index contributed by atoms with van der Waals surface area (Å²) < 4.78 is 2.05. The zero-order valence-corrected chi connectivity index (χ0v) is 17.3. The molecule has 1 amide bonds. The van der Waals surface area contributed by atoms with E-state index in [0.29, 0.717) is 24.2 Å². The van der Waals surface area contributed by atoms with E-state index in [2.05, 4.69) is 27.0 Å². The highest BCUT2D eigenvalue weighted by atomic mass is 16.2. The van der Waals surface area contributed by atoms with Crippen LogP contribution in [-0.4, -0.2) is 26.9 Å². The van der Waals surface area contributed by atoms with Gasteiger partial charge in [0.1, 0.15) is 5.82 Å². The molecular formula is C25H26N4O2. The number of amides is 1. The Bertz CT molecular complexity index is 1260. The van der Waals surface area contributed by atoms with E-state index in [1.165, 1.54) is 0 Å². The van der Waals surface area contributed by atoms with Crippen LogP contribution in [0.2, 0.25) is 0 Å². The summed E-state index contributed by atoms with van der Waals surface area (Å²) in [5, 5.41) is 3.99. The SMILES string of the molecule is O=C1CCCN1Cc1cc2c(cn1)c(=O)cc(NC1=CCCC=C1)n2-c1ccccc1.[HH]. The van der Waals surface area contributed by atoms with E-state index in [-0.39, 0.29) is 12.8 Å². The minimum absolute atomic E-state index is 0. The number of pyridine rings is 2. The standard InChI is InChI=1S/C25H24N4O2.H2/c30-23-15-24(27-18-8-3-1-4-9-18)29(20-10-5-2-6-11-20)22-14-19(26-16-21(22)23)17-28-13-7-12-25(28)31;/h2-3,5-6,8-11,14-16,27H,1,4,7,12-13,17H2;1H. The number of carbonyl (C=O) groups is 1. The Morgan fingerprint density at radius 3 is 2.71 bits per heavy atom. The molecule has 1 N–H and O–H groups in total. The number of para-hydroxylation sites is 1. The molecule has 0 bridgehead atoms. The number of aromatic nitrogens is 2. The fourth-order valence-corrected chi connectivity index (χ4v) is 4.21. The summed E-state index contributed by atoms with van der Waals surface area (Å²) >= 11 is 0. The lowest BCUT2D eigenvalue weighted by molar-refractivity contribution is -0.128. The number of hydrogen-bond acceptors (Lipinski definition) is 4. The van der Waals surface area contributed by atoms with Crippen molar-refractivity contribution in [2.45, 2.75) is 32.2 Å². The lowest BCUT2D eigenvalue weighted by Crippen LogP contribution is -2.24. The number of nitrogens with one attached hydrogen (secondary N) is 1. The molecule has 1 fully saturated rings. The molecule has 6 nitrogen and oxygen atoms in total. The van der Waals surface area contributed by atoms with Crippen LogP contribution in [-0.2, 0) is 11.3 Å². The number of benzene rings is 1. The van der Waals surface area contributed by atoms with E-state index in [4.69, 9.17) is 0 Å². The smallest absolute Gasteiger partial charge is 0.222 e. The number of anilines is 1. The van der Waals surface area contributed by atoms with Crippen molar-refractivity contribution in [2.24, 2.45) is 0 Å². The Morgan fingerprint density at radius 2 is 1.97 bits per heavy atom. The highest BCUT2D eigenvalue weighted by molar-refractivity contribution is 5.83. The topological polar surface area (TPSA) is 67.2 Å². The molecule has 3 heterocycles. The van der Waals surface area contributed by atoms with Gasteiger partial charge in [0.05, 0.1) is 23.1 Å². The van der Waals surface area contributed by atoms with Gasteiger partial charge in [0.25, 0.3) is 0 Å². The summed E-state index contributed by atoms with van der Waals surface area (Å²) in [6.45, 7) is 1.22. The zero-order valence-electron chi connectivity index (χ0n) is 17.3. The molecule has 2 aromatic heterocycles. The molecule has 0 unspecified atom stereocenters. The maximum atomic E-state index is 12.9. The van der Waals surface area contributed by atoms with Crippen LogP contribution in [0.15, 0.2) is 77.4 Å². The average molecular weight is 415 g/mol. The van der Waals surface area contributed by atoms with Gasteiger partial charge in [-0.1, -0.05) is 30.4 Å². The number of likely N-dealkylation sites (tertiary alicyclic amines) is 1. The minimum atomic E-state index is -0.0821. The lowest BCUT2D eigenvalue weighted by Gasteiger charge is -2.20. The number of allylic oxidation sites excluding steroid dienone is 3. The van der Waals surface area contributed by atoms with Crippen LogP contribution >= 0.6 is 0 Å². The van der Waals surface area contributed by atoms with Crippen molar-refractivity contribution < 1.29 is 6.22 Å². The largest absolute Gasteiger partial charge is 0.342 e. The molecule has 1 aliphatic heterocycles. The van der Waals surface area contributed by atoms with Crippen LogP contribution in [0.5, 0.6) is 0 Å². The first-order valence-corrected chi connectivity index (χ1v) is 10.7. The molecule has 0 spiro atoms. The molecule has 1 aliphatic carbocycles. The third-order valence-corrected chi connectivity index (χ3v) is 5.76. The van der Waals surface area contributed by atoms with Gasteiger partial charge in [-0.2, -0.15) is 0 Å². The number of rotatable bonds is 5. The van der Waals surface area contributed by atoms with E-state index in [1.54, 1.807) is 12.3 Å². The van der Waals surface area contributed by atoms with Crippen molar-refractivity contribution in [3.05, 3.63) is 88.5 Å². The quantitative estimate of drug-likeness (QED) is 0.672. The van der Waals surface area contributed by atoms with E-state index in [9.17, 15) is 9.59 Å². The van der Waals surface area contributed by atoms with Crippen molar-refractivity contribution in [1.29, 1.82) is 0 Å². The van der Waals surface area contributed by atoms with Crippen LogP contribution in [0, 0.1) is 0 Å². The highest BCUT2D eigenvalue weighted by Gasteiger charge is 2.21. The summed E-state index contributed by atoms with van der Waals surface area (Å²) in [5.41, 5.74) is 3.40. The molecule has 158 valence electrons. The van der Waals surface area contributed by atoms with Crippen LogP contribution < -0.4 is 10.7 Å². The van der Waals surface area contributed by atoms with Gasteiger partial charge in [-0.15, -0.1) is 0 Å². The molecule has 0 radical (unpaired) electrons. The third kappa shape index (κ3) is 3.89. The predicted molar refractivity (Wildman–Crippen MR) is 124 cm³/mol. The second-order valence-corrected chi connectivity index (χ2v) is 7.94. The van der Waals surface area contributed by atoms with Gasteiger partial charge < -0.3 is 10.2 Å². The third-order valence-electron chi connectivity index (χ3n) is 5.76. The Morgan fingerprint density at radius 1 is 1.10 bits per heavy atom. The van der Waals surface area contributed by atoms with Crippen LogP contribution in [0.25, 0.3) is 16.6 Å². The Labute approximate surface area is 182 Å². The van der Waals surface area contributed by atoms with Gasteiger partial charge in [0.15, 0.2) is 5.43 Å². The Kier molecular flexibility index (Phi) is 5.12. The molecular weight excluding hydrogens is 388 g/mol. The number of carbonyl (C=O) groups excluding carboxylic acids is 1. The summed E-state index contributed by atoms with van der Waals surface area (Å²) in [4.78, 5) is 31.3. The number of nitrogens with zero attached hydrogens (tertiary/aromatic N) is 3. The maximum absolute atomic E-state index is 12.9. The summed E-state index contributed by atoms with van der Waals surface area (Å²) in [5.74, 6) is 0.865. The highest BCUT2D eigenvalue weighted by Crippen LogP contribution is 2.25. The zero-order chi connectivity index (χ0) is 21.2. The number of fused-ring (bicyclic) bond motifs is 1. The Hall–Kier alpha value is -3.67. The van der Waals surface area contributed by atoms with E-state index >= 15 is 0 Å². The first-order valence-electron chi connectivity index (χ1n) is 10.7. The molecule has 0 atom stereocenters. The average Bonchev–Trinajstić information content (AvgIpc) is 3.19. The molecule has 5 rings (SSSR count).